The van der Waals surface area contributed by atoms with E-state index in [1.165, 1.54) is 6.33 Å². The number of nitrogens with zero attached hydrogens (tertiary/aromatic N) is 5. The number of amides is 1. The number of unbranched alkanes of at least 4 members (excludes halogenated alkanes) is 1. The topological polar surface area (TPSA) is 107 Å². The normalized spacial score (nSPS) is 10.3. The molecular weight excluding hydrogens is 328 g/mol. The van der Waals surface area contributed by atoms with Crippen LogP contribution in [0.4, 0.5) is 5.82 Å². The van der Waals surface area contributed by atoms with E-state index < -0.39 is 0 Å². The van der Waals surface area contributed by atoms with Gasteiger partial charge in [-0.25, -0.2) is 9.97 Å². The third kappa shape index (κ3) is 3.38. The van der Waals surface area contributed by atoms with Gasteiger partial charge in [-0.1, -0.05) is 13.3 Å². The molecule has 0 aliphatic rings. The molecule has 0 aliphatic heterocycles. The molecule has 2 heterocycles. The summed E-state index contributed by atoms with van der Waals surface area (Å²) >= 11 is 0. The molecule has 0 atom stereocenters. The molecular formula is C19H16N6O. The van der Waals surface area contributed by atoms with Gasteiger partial charge in [0.2, 0.25) is 0 Å². The minimum absolute atomic E-state index is 0.220. The number of imidazole rings is 1. The maximum Gasteiger partial charge on any atom is 0.256 e. The lowest BCUT2D eigenvalue weighted by Crippen LogP contribution is -2.15. The first kappa shape index (κ1) is 17.1. The lowest BCUT2D eigenvalue weighted by molar-refractivity contribution is 0.102. The van der Waals surface area contributed by atoms with Gasteiger partial charge in [0.25, 0.3) is 5.91 Å². The van der Waals surface area contributed by atoms with Crippen LogP contribution in [0.15, 0.2) is 36.7 Å². The fraction of sp³-hybridized carbons (Fsp3) is 0.211. The maximum atomic E-state index is 12.5. The number of rotatable bonds is 5. The molecule has 7 heteroatoms. The lowest BCUT2D eigenvalue weighted by Gasteiger charge is -2.10. The van der Waals surface area contributed by atoms with Crippen molar-refractivity contribution in [2.24, 2.45) is 0 Å². The van der Waals surface area contributed by atoms with Crippen molar-refractivity contribution in [3.8, 4) is 12.1 Å². The molecule has 3 rings (SSSR count). The fourth-order valence-electron chi connectivity index (χ4n) is 2.57. The molecule has 0 radical (unpaired) electrons. The van der Waals surface area contributed by atoms with Crippen LogP contribution < -0.4 is 5.32 Å². The van der Waals surface area contributed by atoms with Crippen molar-refractivity contribution in [3.05, 3.63) is 59.2 Å². The molecule has 128 valence electrons. The number of aryl methyl sites for hydroxylation is 1. The zero-order valence-corrected chi connectivity index (χ0v) is 14.2. The predicted octanol–water partition coefficient (Wildman–Crippen LogP) is 3.07. The van der Waals surface area contributed by atoms with E-state index in [0.717, 1.165) is 25.0 Å². The number of hydrogen-bond donors (Lipinski definition) is 1. The highest BCUT2D eigenvalue weighted by Crippen LogP contribution is 2.18. The second-order valence-electron chi connectivity index (χ2n) is 5.78. The monoisotopic (exact) mass is 344 g/mol. The molecule has 0 saturated heterocycles. The summed E-state index contributed by atoms with van der Waals surface area (Å²) in [7, 11) is 0. The number of aromatic nitrogens is 3. The summed E-state index contributed by atoms with van der Waals surface area (Å²) in [6, 6.07) is 12.2. The molecule has 1 N–H and O–H groups in total. The average Bonchev–Trinajstić information content (AvgIpc) is 3.09. The van der Waals surface area contributed by atoms with E-state index in [4.69, 9.17) is 5.26 Å². The number of anilines is 1. The minimum atomic E-state index is -0.310. The van der Waals surface area contributed by atoms with Gasteiger partial charge >= 0.3 is 0 Å². The highest BCUT2D eigenvalue weighted by Gasteiger charge is 2.14. The maximum absolute atomic E-state index is 12.5. The number of fused-ring (bicyclic) bond motifs is 1. The highest BCUT2D eigenvalue weighted by molar-refractivity contribution is 6.04. The van der Waals surface area contributed by atoms with Gasteiger partial charge in [-0.3, -0.25) is 9.20 Å². The minimum Gasteiger partial charge on any atom is -0.308 e. The molecule has 1 amide bonds. The van der Waals surface area contributed by atoms with Crippen LogP contribution in [0.1, 0.15) is 47.1 Å². The Morgan fingerprint density at radius 3 is 2.65 bits per heavy atom. The van der Waals surface area contributed by atoms with Crippen molar-refractivity contribution in [1.82, 2.24) is 14.4 Å². The molecule has 1 aromatic carbocycles. The molecule has 0 aliphatic carbocycles. The standard InChI is InChI=1S/C19H16N6O/c1-2-3-4-15-9-17(25-12-22-16(11-21)18(25)23-15)24-19(26)14-7-5-13(10-20)6-8-14/h5-9,12H,2-4H2,1H3,(H,24,26). The SMILES string of the molecule is CCCCc1cc(NC(=O)c2ccc(C#N)cc2)n2cnc(C#N)c2n1. The Hall–Kier alpha value is -3.71. The van der Waals surface area contributed by atoms with Crippen molar-refractivity contribution in [2.45, 2.75) is 26.2 Å². The number of benzene rings is 1. The van der Waals surface area contributed by atoms with E-state index in [-0.39, 0.29) is 11.6 Å². The van der Waals surface area contributed by atoms with E-state index in [9.17, 15) is 10.1 Å². The summed E-state index contributed by atoms with van der Waals surface area (Å²) in [6.45, 7) is 2.09. The van der Waals surface area contributed by atoms with Crippen molar-refractivity contribution in [2.75, 3.05) is 5.32 Å². The van der Waals surface area contributed by atoms with E-state index in [2.05, 4.69) is 22.2 Å². The van der Waals surface area contributed by atoms with E-state index >= 15 is 0 Å². The van der Waals surface area contributed by atoms with E-state index in [1.54, 1.807) is 34.7 Å². The van der Waals surface area contributed by atoms with Crippen molar-refractivity contribution in [3.63, 3.8) is 0 Å². The van der Waals surface area contributed by atoms with Crippen LogP contribution in [0, 0.1) is 22.7 Å². The predicted molar refractivity (Wildman–Crippen MR) is 95.4 cm³/mol. The Balaban J connectivity index is 1.97. The molecule has 2 aromatic heterocycles. The van der Waals surface area contributed by atoms with Gasteiger partial charge in [0.05, 0.1) is 11.6 Å². The zero-order valence-electron chi connectivity index (χ0n) is 14.2. The Morgan fingerprint density at radius 1 is 1.23 bits per heavy atom. The summed E-state index contributed by atoms with van der Waals surface area (Å²) in [5, 5.41) is 20.9. The first-order valence-electron chi connectivity index (χ1n) is 8.25. The molecule has 0 unspecified atom stereocenters. The van der Waals surface area contributed by atoms with Crippen molar-refractivity contribution >= 4 is 17.4 Å². The summed E-state index contributed by atoms with van der Waals surface area (Å²) in [5.41, 5.74) is 2.37. The van der Waals surface area contributed by atoms with Crippen LogP contribution in [-0.2, 0) is 6.42 Å². The van der Waals surface area contributed by atoms with Crippen LogP contribution in [-0.4, -0.2) is 20.3 Å². The van der Waals surface area contributed by atoms with Gasteiger partial charge in [0.1, 0.15) is 18.2 Å². The molecule has 7 nitrogen and oxygen atoms in total. The second-order valence-corrected chi connectivity index (χ2v) is 5.78. The fourth-order valence-corrected chi connectivity index (χ4v) is 2.57. The van der Waals surface area contributed by atoms with Gasteiger partial charge in [0, 0.05) is 17.3 Å². The number of carbonyl (C=O) groups is 1. The molecule has 0 spiro atoms. The van der Waals surface area contributed by atoms with Gasteiger partial charge < -0.3 is 5.32 Å². The Kier molecular flexibility index (Phi) is 4.91. The van der Waals surface area contributed by atoms with Crippen LogP contribution >= 0.6 is 0 Å². The van der Waals surface area contributed by atoms with Crippen molar-refractivity contribution in [1.29, 1.82) is 10.5 Å². The van der Waals surface area contributed by atoms with Crippen molar-refractivity contribution < 1.29 is 4.79 Å². The second kappa shape index (κ2) is 7.45. The van der Waals surface area contributed by atoms with E-state index in [0.29, 0.717) is 22.6 Å². The quantitative estimate of drug-likeness (QED) is 0.765. The first-order chi connectivity index (χ1) is 12.7. The number of nitriles is 2. The largest absolute Gasteiger partial charge is 0.308 e. The molecule has 0 fully saturated rings. The lowest BCUT2D eigenvalue weighted by atomic mass is 10.1. The third-order valence-electron chi connectivity index (χ3n) is 3.96. The van der Waals surface area contributed by atoms with Crippen LogP contribution in [0.3, 0.4) is 0 Å². The first-order valence-corrected chi connectivity index (χ1v) is 8.25. The Labute approximate surface area is 150 Å². The Bertz CT molecular complexity index is 1040. The van der Waals surface area contributed by atoms with Gasteiger partial charge in [0.15, 0.2) is 11.3 Å². The Morgan fingerprint density at radius 2 is 2.00 bits per heavy atom. The summed E-state index contributed by atoms with van der Waals surface area (Å²) in [4.78, 5) is 21.1. The molecule has 0 bridgehead atoms. The summed E-state index contributed by atoms with van der Waals surface area (Å²) in [5.74, 6) is 0.195. The number of nitrogens with one attached hydrogen (secondary N) is 1. The highest BCUT2D eigenvalue weighted by atomic mass is 16.1. The third-order valence-corrected chi connectivity index (χ3v) is 3.96. The van der Waals surface area contributed by atoms with Crippen LogP contribution in [0.25, 0.3) is 5.65 Å². The van der Waals surface area contributed by atoms with Gasteiger partial charge in [-0.15, -0.1) is 0 Å². The molecule has 26 heavy (non-hydrogen) atoms. The van der Waals surface area contributed by atoms with Gasteiger partial charge in [-0.05, 0) is 37.1 Å². The number of carbonyl (C=O) groups excluding carboxylic acids is 1. The number of hydrogen-bond acceptors (Lipinski definition) is 5. The molecule has 3 aromatic rings. The van der Waals surface area contributed by atoms with Crippen LogP contribution in [0.2, 0.25) is 0 Å². The average molecular weight is 344 g/mol. The van der Waals surface area contributed by atoms with Gasteiger partial charge in [-0.2, -0.15) is 10.5 Å². The summed E-state index contributed by atoms with van der Waals surface area (Å²) < 4.78 is 1.59. The smallest absolute Gasteiger partial charge is 0.256 e. The van der Waals surface area contributed by atoms with E-state index in [1.807, 2.05) is 12.1 Å². The zero-order chi connectivity index (χ0) is 18.5. The van der Waals surface area contributed by atoms with Crippen LogP contribution in [0.5, 0.6) is 0 Å². The summed E-state index contributed by atoms with van der Waals surface area (Å²) in [6.07, 6.45) is 4.20. The molecule has 0 saturated carbocycles.